The van der Waals surface area contributed by atoms with Gasteiger partial charge in [-0.15, -0.1) is 0 Å². The quantitative estimate of drug-likeness (QED) is 0.255. The van der Waals surface area contributed by atoms with Gasteiger partial charge in [-0.25, -0.2) is 9.37 Å². The van der Waals surface area contributed by atoms with Crippen molar-refractivity contribution in [2.24, 2.45) is 0 Å². The Morgan fingerprint density at radius 1 is 1.09 bits per heavy atom. The van der Waals surface area contributed by atoms with Gasteiger partial charge in [0.15, 0.2) is 11.5 Å². The Kier molecular flexibility index (Phi) is 7.28. The van der Waals surface area contributed by atoms with Crippen LogP contribution in [-0.4, -0.2) is 16.6 Å². The number of nitriles is 1. The van der Waals surface area contributed by atoms with Gasteiger partial charge in [0.25, 0.3) is 0 Å². The standard InChI is InChI=1S/C25H17Cl3FN3O2/c1-2-33-23-9-14(7-16(12-30)25-31-21-6-5-18(29)11-22(21)32-25)8-20(28)24(23)34-13-15-3-4-17(26)10-19(15)27/h3-11H,2,13H2,1H3,(H,31,32)/b16-7-. The van der Waals surface area contributed by atoms with Crippen molar-refractivity contribution in [3.05, 3.63) is 86.4 Å². The zero-order chi connectivity index (χ0) is 24.2. The number of H-pyrrole nitrogens is 1. The first-order chi connectivity index (χ1) is 16.4. The third kappa shape index (κ3) is 5.28. The van der Waals surface area contributed by atoms with Crippen LogP contribution in [0.2, 0.25) is 15.1 Å². The number of aromatic nitrogens is 2. The summed E-state index contributed by atoms with van der Waals surface area (Å²) in [5.74, 6) is 0.684. The zero-order valence-electron chi connectivity index (χ0n) is 17.8. The number of nitrogens with zero attached hydrogens (tertiary/aromatic N) is 2. The zero-order valence-corrected chi connectivity index (χ0v) is 20.1. The lowest BCUT2D eigenvalue weighted by atomic mass is 10.1. The Balaban J connectivity index is 1.66. The third-order valence-corrected chi connectivity index (χ3v) is 5.72. The Morgan fingerprint density at radius 3 is 2.65 bits per heavy atom. The van der Waals surface area contributed by atoms with E-state index in [9.17, 15) is 9.65 Å². The molecule has 0 saturated heterocycles. The van der Waals surface area contributed by atoms with E-state index in [-0.39, 0.29) is 12.2 Å². The number of hydrogen-bond donors (Lipinski definition) is 1. The van der Waals surface area contributed by atoms with Crippen molar-refractivity contribution in [2.45, 2.75) is 13.5 Å². The van der Waals surface area contributed by atoms with E-state index in [0.717, 1.165) is 5.56 Å². The highest BCUT2D eigenvalue weighted by Gasteiger charge is 2.15. The molecule has 1 heterocycles. The first-order valence-electron chi connectivity index (χ1n) is 10.2. The average Bonchev–Trinajstić information content (AvgIpc) is 3.21. The van der Waals surface area contributed by atoms with Gasteiger partial charge >= 0.3 is 0 Å². The number of imidazole rings is 1. The smallest absolute Gasteiger partial charge is 0.180 e. The summed E-state index contributed by atoms with van der Waals surface area (Å²) in [4.78, 5) is 7.34. The number of aromatic amines is 1. The van der Waals surface area contributed by atoms with Crippen molar-refractivity contribution < 1.29 is 13.9 Å². The molecule has 0 fully saturated rings. The molecule has 0 atom stereocenters. The van der Waals surface area contributed by atoms with Crippen LogP contribution in [0.4, 0.5) is 4.39 Å². The SMILES string of the molecule is CCOc1cc(/C=C(/C#N)c2nc3ccc(F)cc3[nH]2)cc(Cl)c1OCc1ccc(Cl)cc1Cl. The minimum absolute atomic E-state index is 0.157. The first kappa shape index (κ1) is 23.9. The molecule has 0 aliphatic heterocycles. The third-order valence-electron chi connectivity index (χ3n) is 4.85. The van der Waals surface area contributed by atoms with Crippen LogP contribution in [0.5, 0.6) is 11.5 Å². The van der Waals surface area contributed by atoms with Gasteiger partial charge in [0.2, 0.25) is 0 Å². The molecule has 0 aliphatic rings. The van der Waals surface area contributed by atoms with Gasteiger partial charge in [0.1, 0.15) is 24.3 Å². The van der Waals surface area contributed by atoms with Crippen molar-refractivity contribution in [3.8, 4) is 17.6 Å². The maximum atomic E-state index is 13.5. The fraction of sp³-hybridized carbons (Fsp3) is 0.120. The van der Waals surface area contributed by atoms with Gasteiger partial charge in [-0.05, 0) is 61.0 Å². The van der Waals surface area contributed by atoms with Crippen LogP contribution < -0.4 is 9.47 Å². The van der Waals surface area contributed by atoms with E-state index in [1.165, 1.54) is 12.1 Å². The maximum absolute atomic E-state index is 13.5. The van der Waals surface area contributed by atoms with E-state index in [1.54, 1.807) is 42.5 Å². The van der Waals surface area contributed by atoms with Crippen LogP contribution in [0.1, 0.15) is 23.9 Å². The van der Waals surface area contributed by atoms with Crippen molar-refractivity contribution >= 4 is 57.5 Å². The van der Waals surface area contributed by atoms with Crippen LogP contribution in [0, 0.1) is 17.1 Å². The van der Waals surface area contributed by atoms with E-state index < -0.39 is 5.82 Å². The molecule has 1 aromatic heterocycles. The van der Waals surface area contributed by atoms with E-state index in [4.69, 9.17) is 44.3 Å². The summed E-state index contributed by atoms with van der Waals surface area (Å²) in [5, 5.41) is 11.0. The van der Waals surface area contributed by atoms with Gasteiger partial charge in [0.05, 0.1) is 28.2 Å². The van der Waals surface area contributed by atoms with Gasteiger partial charge in [-0.3, -0.25) is 0 Å². The van der Waals surface area contributed by atoms with Crippen LogP contribution in [0.25, 0.3) is 22.7 Å². The van der Waals surface area contributed by atoms with Gasteiger partial charge in [0, 0.05) is 15.6 Å². The summed E-state index contributed by atoms with van der Waals surface area (Å²) in [7, 11) is 0. The minimum Gasteiger partial charge on any atom is -0.490 e. The average molecular weight is 517 g/mol. The predicted molar refractivity (Wildman–Crippen MR) is 133 cm³/mol. The molecule has 0 bridgehead atoms. The summed E-state index contributed by atoms with van der Waals surface area (Å²) < 4.78 is 25.2. The second-order valence-corrected chi connectivity index (χ2v) is 8.45. The molecular weight excluding hydrogens is 500 g/mol. The fourth-order valence-corrected chi connectivity index (χ4v) is 4.03. The van der Waals surface area contributed by atoms with Crippen molar-refractivity contribution in [2.75, 3.05) is 6.61 Å². The van der Waals surface area contributed by atoms with Crippen LogP contribution in [0.3, 0.4) is 0 Å². The van der Waals surface area contributed by atoms with Gasteiger partial charge in [-0.2, -0.15) is 5.26 Å². The molecule has 4 aromatic rings. The van der Waals surface area contributed by atoms with Crippen LogP contribution in [-0.2, 0) is 6.61 Å². The lowest BCUT2D eigenvalue weighted by molar-refractivity contribution is 0.269. The molecule has 0 amide bonds. The van der Waals surface area contributed by atoms with Crippen molar-refractivity contribution in [1.29, 1.82) is 5.26 Å². The molecule has 3 aromatic carbocycles. The van der Waals surface area contributed by atoms with Gasteiger partial charge < -0.3 is 14.5 Å². The molecule has 0 aliphatic carbocycles. The van der Waals surface area contributed by atoms with E-state index in [1.807, 2.05) is 6.92 Å². The Bertz CT molecular complexity index is 1440. The largest absolute Gasteiger partial charge is 0.490 e. The molecule has 34 heavy (non-hydrogen) atoms. The number of nitrogens with one attached hydrogen (secondary N) is 1. The second-order valence-electron chi connectivity index (χ2n) is 7.20. The summed E-state index contributed by atoms with van der Waals surface area (Å²) >= 11 is 18.7. The van der Waals surface area contributed by atoms with Crippen molar-refractivity contribution in [3.63, 3.8) is 0 Å². The Morgan fingerprint density at radius 2 is 1.91 bits per heavy atom. The molecule has 0 spiro atoms. The van der Waals surface area contributed by atoms with E-state index in [0.29, 0.717) is 55.6 Å². The Labute approximate surface area is 210 Å². The molecule has 4 rings (SSSR count). The number of halogens is 4. The second kappa shape index (κ2) is 10.4. The van der Waals surface area contributed by atoms with Crippen LogP contribution >= 0.6 is 34.8 Å². The van der Waals surface area contributed by atoms with E-state index >= 15 is 0 Å². The normalized spacial score (nSPS) is 11.5. The summed E-state index contributed by atoms with van der Waals surface area (Å²) in [6.45, 7) is 2.37. The molecule has 0 unspecified atom stereocenters. The summed E-state index contributed by atoms with van der Waals surface area (Å²) in [6.07, 6.45) is 1.61. The number of allylic oxidation sites excluding steroid dienone is 1. The first-order valence-corrected chi connectivity index (χ1v) is 11.3. The molecular formula is C25H17Cl3FN3O2. The summed E-state index contributed by atoms with van der Waals surface area (Å²) in [5.41, 5.74) is 2.64. The van der Waals surface area contributed by atoms with E-state index in [2.05, 4.69) is 16.0 Å². The van der Waals surface area contributed by atoms with Gasteiger partial charge in [-0.1, -0.05) is 40.9 Å². The summed E-state index contributed by atoms with van der Waals surface area (Å²) in [6, 6.07) is 14.8. The highest BCUT2D eigenvalue weighted by atomic mass is 35.5. The number of hydrogen-bond acceptors (Lipinski definition) is 4. The molecule has 1 N–H and O–H groups in total. The Hall–Kier alpha value is -3.24. The highest BCUT2D eigenvalue weighted by molar-refractivity contribution is 6.35. The number of fused-ring (bicyclic) bond motifs is 1. The lowest BCUT2D eigenvalue weighted by Crippen LogP contribution is -2.01. The topological polar surface area (TPSA) is 70.9 Å². The fourth-order valence-electron chi connectivity index (χ4n) is 3.29. The predicted octanol–water partition coefficient (Wildman–Crippen LogP) is 7.70. The minimum atomic E-state index is -0.395. The van der Waals surface area contributed by atoms with Crippen molar-refractivity contribution in [1.82, 2.24) is 9.97 Å². The molecule has 9 heteroatoms. The molecule has 172 valence electrons. The van der Waals surface area contributed by atoms with Crippen LogP contribution in [0.15, 0.2) is 48.5 Å². The number of ether oxygens (including phenoxy) is 2. The number of benzene rings is 3. The maximum Gasteiger partial charge on any atom is 0.180 e. The lowest BCUT2D eigenvalue weighted by Gasteiger charge is -2.15. The number of rotatable bonds is 7. The monoisotopic (exact) mass is 515 g/mol. The highest BCUT2D eigenvalue weighted by Crippen LogP contribution is 2.38. The molecule has 0 radical (unpaired) electrons. The molecule has 0 saturated carbocycles. The molecule has 5 nitrogen and oxygen atoms in total.